The molecule has 2 N–H and O–H groups in total. The van der Waals surface area contributed by atoms with Crippen LogP contribution in [-0.2, 0) is 16.0 Å². The summed E-state index contributed by atoms with van der Waals surface area (Å²) in [6, 6.07) is 5.02. The molecule has 6 nitrogen and oxygen atoms in total. The third-order valence-electron chi connectivity index (χ3n) is 2.20. The highest BCUT2D eigenvalue weighted by molar-refractivity contribution is 5.90. The van der Waals surface area contributed by atoms with Gasteiger partial charge in [0.2, 0.25) is 5.89 Å². The molecule has 0 fully saturated rings. The van der Waals surface area contributed by atoms with Gasteiger partial charge in [-0.2, -0.15) is 0 Å². The maximum absolute atomic E-state index is 10.6. The smallest absolute Gasteiger partial charge is 0.328 e. The maximum atomic E-state index is 10.6. The molecule has 0 aliphatic carbocycles. The second kappa shape index (κ2) is 4.70. The van der Waals surface area contributed by atoms with Gasteiger partial charge in [0, 0.05) is 11.6 Å². The van der Waals surface area contributed by atoms with E-state index in [1.807, 2.05) is 0 Å². The van der Waals surface area contributed by atoms with E-state index in [1.165, 1.54) is 6.08 Å². The summed E-state index contributed by atoms with van der Waals surface area (Å²) in [5, 5.41) is 17.2. The van der Waals surface area contributed by atoms with E-state index in [2.05, 4.69) is 4.98 Å². The predicted molar refractivity (Wildman–Crippen MR) is 62.0 cm³/mol. The van der Waals surface area contributed by atoms with Gasteiger partial charge in [-0.25, -0.2) is 9.78 Å². The Morgan fingerprint density at radius 2 is 2.11 bits per heavy atom. The van der Waals surface area contributed by atoms with Crippen LogP contribution in [0.3, 0.4) is 0 Å². The van der Waals surface area contributed by atoms with Gasteiger partial charge < -0.3 is 14.6 Å². The molecule has 0 saturated heterocycles. The molecule has 0 spiro atoms. The number of carbonyl (C=O) groups is 2. The monoisotopic (exact) mass is 247 g/mol. The first-order valence-corrected chi connectivity index (χ1v) is 5.07. The molecule has 0 amide bonds. The Bertz CT molecular complexity index is 641. The summed E-state index contributed by atoms with van der Waals surface area (Å²) in [6.45, 7) is 0. The van der Waals surface area contributed by atoms with Gasteiger partial charge in [-0.05, 0) is 12.1 Å². The van der Waals surface area contributed by atoms with Crippen LogP contribution in [0.15, 0.2) is 28.7 Å². The number of rotatable bonds is 4. The third kappa shape index (κ3) is 2.54. The molecule has 0 radical (unpaired) electrons. The van der Waals surface area contributed by atoms with Gasteiger partial charge in [-0.3, -0.25) is 4.79 Å². The van der Waals surface area contributed by atoms with Gasteiger partial charge in [0.15, 0.2) is 5.58 Å². The van der Waals surface area contributed by atoms with Crippen LogP contribution in [0.4, 0.5) is 0 Å². The highest BCUT2D eigenvalue weighted by Crippen LogP contribution is 2.21. The van der Waals surface area contributed by atoms with E-state index >= 15 is 0 Å². The van der Waals surface area contributed by atoms with Crippen molar-refractivity contribution in [2.45, 2.75) is 6.42 Å². The summed E-state index contributed by atoms with van der Waals surface area (Å²) >= 11 is 0. The number of carboxylic acid groups (broad SMARTS) is 2. The average molecular weight is 247 g/mol. The van der Waals surface area contributed by atoms with Crippen LogP contribution < -0.4 is 0 Å². The molecular formula is C12H9NO5. The second-order valence-electron chi connectivity index (χ2n) is 3.55. The molecule has 2 rings (SSSR count). The van der Waals surface area contributed by atoms with Crippen LogP contribution in [-0.4, -0.2) is 27.1 Å². The van der Waals surface area contributed by atoms with Crippen molar-refractivity contribution in [3.8, 4) is 0 Å². The summed E-state index contributed by atoms with van der Waals surface area (Å²) < 4.78 is 5.31. The molecule has 0 atom stereocenters. The number of benzene rings is 1. The van der Waals surface area contributed by atoms with Crippen molar-refractivity contribution >= 4 is 29.1 Å². The Morgan fingerprint density at radius 3 is 2.78 bits per heavy atom. The SMILES string of the molecule is O=C(O)/C=C/c1cccc2nc(CC(=O)O)oc12. The van der Waals surface area contributed by atoms with Crippen LogP contribution in [0.25, 0.3) is 17.2 Å². The van der Waals surface area contributed by atoms with Crippen molar-refractivity contribution in [2.24, 2.45) is 0 Å². The number of aromatic nitrogens is 1. The zero-order valence-corrected chi connectivity index (χ0v) is 9.16. The van der Waals surface area contributed by atoms with Gasteiger partial charge in [0.25, 0.3) is 0 Å². The lowest BCUT2D eigenvalue weighted by Gasteiger charge is -1.92. The molecule has 0 aliphatic heterocycles. The van der Waals surface area contributed by atoms with E-state index in [0.29, 0.717) is 16.7 Å². The van der Waals surface area contributed by atoms with Crippen molar-refractivity contribution in [2.75, 3.05) is 0 Å². The van der Waals surface area contributed by atoms with Crippen LogP contribution in [0.1, 0.15) is 11.5 Å². The zero-order chi connectivity index (χ0) is 13.1. The van der Waals surface area contributed by atoms with Gasteiger partial charge in [0.05, 0.1) is 0 Å². The van der Waals surface area contributed by atoms with Crippen molar-refractivity contribution in [3.63, 3.8) is 0 Å². The Balaban J connectivity index is 2.45. The number of hydrogen-bond acceptors (Lipinski definition) is 4. The maximum Gasteiger partial charge on any atom is 0.328 e. The molecule has 0 aliphatic rings. The predicted octanol–water partition coefficient (Wildman–Crippen LogP) is 1.55. The summed E-state index contributed by atoms with van der Waals surface area (Å²) in [6.07, 6.45) is 2.05. The number of carboxylic acids is 2. The van der Waals surface area contributed by atoms with Gasteiger partial charge in [0.1, 0.15) is 11.9 Å². The first kappa shape index (κ1) is 11.8. The van der Waals surface area contributed by atoms with E-state index in [-0.39, 0.29) is 12.3 Å². The highest BCUT2D eigenvalue weighted by Gasteiger charge is 2.11. The van der Waals surface area contributed by atoms with Crippen molar-refractivity contribution in [1.82, 2.24) is 4.98 Å². The first-order valence-electron chi connectivity index (χ1n) is 5.07. The topological polar surface area (TPSA) is 101 Å². The first-order chi connectivity index (χ1) is 8.56. The molecule has 92 valence electrons. The quantitative estimate of drug-likeness (QED) is 0.795. The fourth-order valence-corrected chi connectivity index (χ4v) is 1.51. The lowest BCUT2D eigenvalue weighted by Crippen LogP contribution is -1.99. The van der Waals surface area contributed by atoms with Crippen LogP contribution in [0.2, 0.25) is 0 Å². The van der Waals surface area contributed by atoms with E-state index in [0.717, 1.165) is 6.08 Å². The number of nitrogens with zero attached hydrogens (tertiary/aromatic N) is 1. The van der Waals surface area contributed by atoms with Crippen LogP contribution in [0.5, 0.6) is 0 Å². The average Bonchev–Trinajstić information content (AvgIpc) is 2.67. The second-order valence-corrected chi connectivity index (χ2v) is 3.55. The molecule has 2 aromatic rings. The van der Waals surface area contributed by atoms with Crippen molar-refractivity contribution in [3.05, 3.63) is 35.7 Å². The fourth-order valence-electron chi connectivity index (χ4n) is 1.51. The van der Waals surface area contributed by atoms with Gasteiger partial charge in [-0.1, -0.05) is 12.1 Å². The molecule has 0 saturated carbocycles. The minimum Gasteiger partial charge on any atom is -0.481 e. The molecule has 1 aromatic heterocycles. The van der Waals surface area contributed by atoms with E-state index in [4.69, 9.17) is 14.6 Å². The number of oxazole rings is 1. The van der Waals surface area contributed by atoms with Crippen molar-refractivity contribution in [1.29, 1.82) is 0 Å². The number of aliphatic carboxylic acids is 2. The fraction of sp³-hybridized carbons (Fsp3) is 0.0833. The summed E-state index contributed by atoms with van der Waals surface area (Å²) in [5.41, 5.74) is 1.42. The van der Waals surface area contributed by atoms with E-state index in [1.54, 1.807) is 18.2 Å². The highest BCUT2D eigenvalue weighted by atomic mass is 16.4. The lowest BCUT2D eigenvalue weighted by molar-refractivity contribution is -0.136. The summed E-state index contributed by atoms with van der Waals surface area (Å²) in [7, 11) is 0. The van der Waals surface area contributed by atoms with Gasteiger partial charge in [-0.15, -0.1) is 0 Å². The number of para-hydroxylation sites is 1. The molecule has 18 heavy (non-hydrogen) atoms. The van der Waals surface area contributed by atoms with E-state index in [9.17, 15) is 9.59 Å². The number of hydrogen-bond donors (Lipinski definition) is 2. The Morgan fingerprint density at radius 1 is 1.33 bits per heavy atom. The number of fused-ring (bicyclic) bond motifs is 1. The zero-order valence-electron chi connectivity index (χ0n) is 9.16. The van der Waals surface area contributed by atoms with E-state index < -0.39 is 11.9 Å². The summed E-state index contributed by atoms with van der Waals surface area (Å²) in [4.78, 5) is 25.0. The minimum absolute atomic E-state index is 0.0914. The largest absolute Gasteiger partial charge is 0.481 e. The molecule has 1 aromatic carbocycles. The molecule has 6 heteroatoms. The molecule has 0 bridgehead atoms. The Hall–Kier alpha value is -2.63. The lowest BCUT2D eigenvalue weighted by atomic mass is 10.2. The Labute approximate surface area is 101 Å². The van der Waals surface area contributed by atoms with Gasteiger partial charge >= 0.3 is 11.9 Å². The minimum atomic E-state index is -1.07. The third-order valence-corrected chi connectivity index (χ3v) is 2.20. The Kier molecular flexibility index (Phi) is 3.09. The van der Waals surface area contributed by atoms with Crippen LogP contribution in [0, 0.1) is 0 Å². The molecule has 1 heterocycles. The normalized spacial score (nSPS) is 11.1. The molecule has 0 unspecified atom stereocenters. The standard InChI is InChI=1S/C12H9NO5/c14-10(15)5-4-7-2-1-3-8-12(7)18-9(13-8)6-11(16)17/h1-5H,6H2,(H,14,15)(H,16,17)/b5-4+. The molecular weight excluding hydrogens is 238 g/mol. The van der Waals surface area contributed by atoms with Crippen molar-refractivity contribution < 1.29 is 24.2 Å². The van der Waals surface area contributed by atoms with Crippen LogP contribution >= 0.6 is 0 Å². The summed E-state index contributed by atoms with van der Waals surface area (Å²) in [5.74, 6) is -2.02.